The largest absolute Gasteiger partial charge is 0.454 e. The normalized spacial score (nSPS) is 12.9. The van der Waals surface area contributed by atoms with Crippen molar-refractivity contribution in [1.29, 1.82) is 0 Å². The van der Waals surface area contributed by atoms with Crippen molar-refractivity contribution in [2.24, 2.45) is 0 Å². The standard InChI is InChI=1S/C17H18BrNO3/c18-15-9-17-16(21-12-22-17)8-14(15)11-19(6-7-20)10-13-4-2-1-3-5-13/h1-5,8-9,20H,6-7,10-12H2. The molecule has 0 bridgehead atoms. The van der Waals surface area contributed by atoms with E-state index in [9.17, 15) is 5.11 Å². The summed E-state index contributed by atoms with van der Waals surface area (Å²) in [4.78, 5) is 2.21. The molecule has 22 heavy (non-hydrogen) atoms. The molecule has 0 aromatic heterocycles. The average molecular weight is 364 g/mol. The number of halogens is 1. The lowest BCUT2D eigenvalue weighted by atomic mass is 10.1. The molecule has 116 valence electrons. The molecule has 0 saturated carbocycles. The number of ether oxygens (including phenoxy) is 2. The molecular formula is C17H18BrNO3. The summed E-state index contributed by atoms with van der Waals surface area (Å²) in [5.41, 5.74) is 2.35. The molecule has 0 amide bonds. The number of fused-ring (bicyclic) bond motifs is 1. The van der Waals surface area contributed by atoms with E-state index in [-0.39, 0.29) is 13.4 Å². The van der Waals surface area contributed by atoms with Crippen LogP contribution in [0.1, 0.15) is 11.1 Å². The van der Waals surface area contributed by atoms with Gasteiger partial charge in [-0.05, 0) is 23.3 Å². The molecule has 0 unspecified atom stereocenters. The zero-order chi connectivity index (χ0) is 15.4. The van der Waals surface area contributed by atoms with Crippen molar-refractivity contribution >= 4 is 15.9 Å². The minimum Gasteiger partial charge on any atom is -0.454 e. The number of aliphatic hydroxyl groups is 1. The van der Waals surface area contributed by atoms with E-state index in [0.717, 1.165) is 34.6 Å². The first-order valence-electron chi connectivity index (χ1n) is 7.21. The van der Waals surface area contributed by atoms with Crippen LogP contribution >= 0.6 is 15.9 Å². The predicted molar refractivity (Wildman–Crippen MR) is 87.9 cm³/mol. The Morgan fingerprint density at radius 3 is 2.50 bits per heavy atom. The van der Waals surface area contributed by atoms with Crippen LogP contribution in [0.5, 0.6) is 11.5 Å². The molecule has 3 rings (SSSR count). The van der Waals surface area contributed by atoms with E-state index in [4.69, 9.17) is 9.47 Å². The maximum Gasteiger partial charge on any atom is 0.231 e. The van der Waals surface area contributed by atoms with Gasteiger partial charge in [0, 0.05) is 24.1 Å². The van der Waals surface area contributed by atoms with Crippen molar-refractivity contribution in [1.82, 2.24) is 4.90 Å². The first kappa shape index (κ1) is 15.3. The zero-order valence-corrected chi connectivity index (χ0v) is 13.8. The van der Waals surface area contributed by atoms with E-state index >= 15 is 0 Å². The molecule has 0 aliphatic carbocycles. The van der Waals surface area contributed by atoms with Crippen molar-refractivity contribution in [3.8, 4) is 11.5 Å². The smallest absolute Gasteiger partial charge is 0.231 e. The van der Waals surface area contributed by atoms with Crippen LogP contribution in [-0.2, 0) is 13.1 Å². The highest BCUT2D eigenvalue weighted by Gasteiger charge is 2.17. The third-order valence-electron chi connectivity index (χ3n) is 3.60. The topological polar surface area (TPSA) is 41.9 Å². The van der Waals surface area contributed by atoms with Crippen molar-refractivity contribution < 1.29 is 14.6 Å². The molecule has 1 aliphatic heterocycles. The second-order valence-corrected chi connectivity index (χ2v) is 6.07. The number of rotatable bonds is 6. The van der Waals surface area contributed by atoms with E-state index in [1.807, 2.05) is 30.3 Å². The van der Waals surface area contributed by atoms with E-state index in [2.05, 4.69) is 33.0 Å². The number of hydrogen-bond acceptors (Lipinski definition) is 4. The number of benzene rings is 2. The van der Waals surface area contributed by atoms with Gasteiger partial charge in [-0.25, -0.2) is 0 Å². The van der Waals surface area contributed by atoms with Gasteiger partial charge in [0.15, 0.2) is 11.5 Å². The highest BCUT2D eigenvalue weighted by molar-refractivity contribution is 9.10. The van der Waals surface area contributed by atoms with Crippen LogP contribution in [-0.4, -0.2) is 30.0 Å². The Morgan fingerprint density at radius 2 is 1.77 bits per heavy atom. The van der Waals surface area contributed by atoms with Crippen molar-refractivity contribution in [2.75, 3.05) is 19.9 Å². The van der Waals surface area contributed by atoms with Crippen molar-refractivity contribution in [2.45, 2.75) is 13.1 Å². The Hall–Kier alpha value is -1.56. The molecule has 0 fully saturated rings. The van der Waals surface area contributed by atoms with Crippen LogP contribution in [0.4, 0.5) is 0 Å². The van der Waals surface area contributed by atoms with Gasteiger partial charge in [0.1, 0.15) is 0 Å². The van der Waals surface area contributed by atoms with Gasteiger partial charge in [-0.3, -0.25) is 4.90 Å². The Kier molecular flexibility index (Phi) is 4.97. The summed E-state index contributed by atoms with van der Waals surface area (Å²) in [6.07, 6.45) is 0. The van der Waals surface area contributed by atoms with Gasteiger partial charge in [-0.2, -0.15) is 0 Å². The summed E-state index contributed by atoms with van der Waals surface area (Å²) >= 11 is 3.59. The molecule has 0 saturated heterocycles. The van der Waals surface area contributed by atoms with Gasteiger partial charge in [-0.1, -0.05) is 46.3 Å². The molecule has 0 atom stereocenters. The quantitative estimate of drug-likeness (QED) is 0.855. The molecule has 4 nitrogen and oxygen atoms in total. The second kappa shape index (κ2) is 7.13. The van der Waals surface area contributed by atoms with Crippen molar-refractivity contribution in [3.63, 3.8) is 0 Å². The maximum absolute atomic E-state index is 9.32. The molecule has 5 heteroatoms. The number of hydrogen-bond donors (Lipinski definition) is 1. The lowest BCUT2D eigenvalue weighted by Gasteiger charge is -2.22. The van der Waals surface area contributed by atoms with Crippen molar-refractivity contribution in [3.05, 3.63) is 58.1 Å². The van der Waals surface area contributed by atoms with Crippen LogP contribution in [0.15, 0.2) is 46.9 Å². The summed E-state index contributed by atoms with van der Waals surface area (Å²) < 4.78 is 11.8. The van der Waals surface area contributed by atoms with Gasteiger partial charge in [-0.15, -0.1) is 0 Å². The summed E-state index contributed by atoms with van der Waals surface area (Å²) in [5.74, 6) is 1.55. The molecule has 1 N–H and O–H groups in total. The van der Waals surface area contributed by atoms with E-state index in [1.54, 1.807) is 0 Å². The molecule has 1 aliphatic rings. The Balaban J connectivity index is 1.76. The SMILES string of the molecule is OCCN(Cc1ccccc1)Cc1cc2c(cc1Br)OCO2. The predicted octanol–water partition coefficient (Wildman–Crippen LogP) is 3.17. The lowest BCUT2D eigenvalue weighted by Crippen LogP contribution is -2.26. The fourth-order valence-electron chi connectivity index (χ4n) is 2.52. The minimum atomic E-state index is 0.134. The summed E-state index contributed by atoms with van der Waals surface area (Å²) in [6.45, 7) is 2.55. The molecule has 2 aromatic rings. The molecule has 0 radical (unpaired) electrons. The Morgan fingerprint density at radius 1 is 1.05 bits per heavy atom. The fraction of sp³-hybridized carbons (Fsp3) is 0.294. The zero-order valence-electron chi connectivity index (χ0n) is 12.2. The van der Waals surface area contributed by atoms with Crippen LogP contribution < -0.4 is 9.47 Å². The molecule has 1 heterocycles. The van der Waals surface area contributed by atoms with E-state index in [0.29, 0.717) is 6.54 Å². The molecule has 0 spiro atoms. The number of aliphatic hydroxyl groups excluding tert-OH is 1. The lowest BCUT2D eigenvalue weighted by molar-refractivity contribution is 0.173. The molecular weight excluding hydrogens is 346 g/mol. The summed E-state index contributed by atoms with van der Waals surface area (Å²) in [7, 11) is 0. The third kappa shape index (κ3) is 3.61. The maximum atomic E-state index is 9.32. The first-order valence-corrected chi connectivity index (χ1v) is 8.00. The van der Waals surface area contributed by atoms with E-state index < -0.39 is 0 Å². The fourth-order valence-corrected chi connectivity index (χ4v) is 2.97. The molecule has 2 aromatic carbocycles. The monoisotopic (exact) mass is 363 g/mol. The highest BCUT2D eigenvalue weighted by atomic mass is 79.9. The van der Waals surface area contributed by atoms with Gasteiger partial charge < -0.3 is 14.6 Å². The van der Waals surface area contributed by atoms with Gasteiger partial charge in [0.2, 0.25) is 6.79 Å². The third-order valence-corrected chi connectivity index (χ3v) is 4.34. The van der Waals surface area contributed by atoms with Crippen LogP contribution in [0.2, 0.25) is 0 Å². The average Bonchev–Trinajstić information content (AvgIpc) is 2.96. The highest BCUT2D eigenvalue weighted by Crippen LogP contribution is 2.37. The van der Waals surface area contributed by atoms with E-state index in [1.165, 1.54) is 5.56 Å². The van der Waals surface area contributed by atoms with Crippen LogP contribution in [0.3, 0.4) is 0 Å². The summed E-state index contributed by atoms with van der Waals surface area (Å²) in [6, 6.07) is 14.2. The first-order chi connectivity index (χ1) is 10.8. The number of nitrogens with zero attached hydrogens (tertiary/aromatic N) is 1. The Labute approximate surface area is 138 Å². The van der Waals surface area contributed by atoms with Gasteiger partial charge in [0.25, 0.3) is 0 Å². The van der Waals surface area contributed by atoms with Crippen LogP contribution in [0, 0.1) is 0 Å². The Bertz CT molecular complexity index is 633. The minimum absolute atomic E-state index is 0.134. The second-order valence-electron chi connectivity index (χ2n) is 5.22. The summed E-state index contributed by atoms with van der Waals surface area (Å²) in [5, 5.41) is 9.32. The van der Waals surface area contributed by atoms with Crippen LogP contribution in [0.25, 0.3) is 0 Å². The van der Waals surface area contributed by atoms with Gasteiger partial charge >= 0.3 is 0 Å². The van der Waals surface area contributed by atoms with Gasteiger partial charge in [0.05, 0.1) is 6.61 Å².